The van der Waals surface area contributed by atoms with Gasteiger partial charge in [0.2, 0.25) is 20.0 Å². The smallest absolute Gasteiger partial charge is 0.339 e. The molecule has 27 heavy (non-hydrogen) atoms. The van der Waals surface area contributed by atoms with E-state index in [9.17, 15) is 21.6 Å². The predicted molar refractivity (Wildman–Crippen MR) is 103 cm³/mol. The van der Waals surface area contributed by atoms with E-state index in [2.05, 4.69) is 0 Å². The van der Waals surface area contributed by atoms with E-state index in [4.69, 9.17) is 4.74 Å². The van der Waals surface area contributed by atoms with Gasteiger partial charge in [-0.25, -0.2) is 21.6 Å². The highest BCUT2D eigenvalue weighted by Gasteiger charge is 2.36. The van der Waals surface area contributed by atoms with E-state index in [-0.39, 0.29) is 38.3 Å². The number of rotatable bonds is 10. The first-order valence-electron chi connectivity index (χ1n) is 8.93. The summed E-state index contributed by atoms with van der Waals surface area (Å²) in [6.45, 7) is 8.87. The molecule has 0 aliphatic heterocycles. The number of hydrogen-bond acceptors (Lipinski definition) is 6. The summed E-state index contributed by atoms with van der Waals surface area (Å²) in [6, 6.07) is 3.84. The van der Waals surface area contributed by atoms with Gasteiger partial charge in [-0.15, -0.1) is 0 Å². The fraction of sp³-hybridized carbons (Fsp3) is 0.588. The van der Waals surface area contributed by atoms with E-state index < -0.39 is 35.8 Å². The highest BCUT2D eigenvalue weighted by Crippen LogP contribution is 2.30. The molecule has 0 unspecified atom stereocenters. The number of sulfonamides is 2. The first-order chi connectivity index (χ1) is 12.6. The summed E-state index contributed by atoms with van der Waals surface area (Å²) in [4.78, 5) is 11.4. The Morgan fingerprint density at radius 1 is 0.852 bits per heavy atom. The third-order valence-electron chi connectivity index (χ3n) is 4.10. The topological polar surface area (TPSA) is 101 Å². The predicted octanol–water partition coefficient (Wildman–Crippen LogP) is 1.92. The number of ether oxygens (including phenoxy) is 1. The monoisotopic (exact) mass is 420 g/mol. The van der Waals surface area contributed by atoms with Crippen molar-refractivity contribution < 1.29 is 26.4 Å². The van der Waals surface area contributed by atoms with E-state index in [0.717, 1.165) is 8.61 Å². The van der Waals surface area contributed by atoms with Crippen molar-refractivity contribution in [2.45, 2.75) is 44.4 Å². The van der Waals surface area contributed by atoms with Crippen LogP contribution in [0.25, 0.3) is 0 Å². The number of hydrogen-bond donors (Lipinski definition) is 0. The summed E-state index contributed by atoms with van der Waals surface area (Å²) in [6.07, 6.45) is 0. The number of esters is 1. The molecule has 0 aliphatic rings. The van der Waals surface area contributed by atoms with E-state index >= 15 is 0 Å². The van der Waals surface area contributed by atoms with Gasteiger partial charge < -0.3 is 4.74 Å². The number of carbonyl (C=O) groups excluding carboxylic acids is 1. The van der Waals surface area contributed by atoms with Crippen molar-refractivity contribution in [2.75, 3.05) is 32.8 Å². The normalized spacial score (nSPS) is 12.6. The third-order valence-corrected chi connectivity index (χ3v) is 8.47. The van der Waals surface area contributed by atoms with Crippen molar-refractivity contribution in [1.82, 2.24) is 8.61 Å². The van der Waals surface area contributed by atoms with Crippen LogP contribution in [0.5, 0.6) is 0 Å². The molecule has 10 heteroatoms. The molecule has 1 aromatic rings. The van der Waals surface area contributed by atoms with Crippen LogP contribution < -0.4 is 0 Å². The molecule has 0 saturated heterocycles. The SMILES string of the molecule is CCOC(=O)c1cccc(S(=O)(=O)N(CC)CC)c1S(=O)(=O)N(CC)CC. The van der Waals surface area contributed by atoms with Gasteiger partial charge in [0.25, 0.3) is 0 Å². The molecule has 0 bridgehead atoms. The second-order valence-electron chi connectivity index (χ2n) is 5.53. The molecule has 1 aromatic carbocycles. The standard InChI is InChI=1S/C17H28N2O6S2/c1-6-18(7-2)26(21,22)15-13-11-12-14(17(20)25-10-5)16(15)27(23,24)19(8-3)9-4/h11-13H,6-10H2,1-5H3. The van der Waals surface area contributed by atoms with Crippen LogP contribution in [0.1, 0.15) is 45.0 Å². The summed E-state index contributed by atoms with van der Waals surface area (Å²) in [7, 11) is -8.35. The molecule has 1 rings (SSSR count). The molecule has 0 spiro atoms. The lowest BCUT2D eigenvalue weighted by atomic mass is 10.2. The summed E-state index contributed by atoms with van der Waals surface area (Å²) in [5, 5.41) is 0. The van der Waals surface area contributed by atoms with Crippen LogP contribution in [-0.2, 0) is 24.8 Å². The van der Waals surface area contributed by atoms with Crippen molar-refractivity contribution in [3.8, 4) is 0 Å². The summed E-state index contributed by atoms with van der Waals surface area (Å²) in [5.41, 5.74) is -0.281. The minimum atomic E-state index is -4.23. The molecule has 8 nitrogen and oxygen atoms in total. The maximum atomic E-state index is 13.2. The Bertz CT molecular complexity index is 857. The van der Waals surface area contributed by atoms with Gasteiger partial charge in [0.1, 0.15) is 9.79 Å². The Morgan fingerprint density at radius 2 is 1.33 bits per heavy atom. The van der Waals surface area contributed by atoms with Crippen molar-refractivity contribution in [3.05, 3.63) is 23.8 Å². The first kappa shape index (κ1) is 23.5. The molecule has 0 saturated carbocycles. The molecule has 0 fully saturated rings. The van der Waals surface area contributed by atoms with Crippen molar-refractivity contribution in [3.63, 3.8) is 0 Å². The first-order valence-corrected chi connectivity index (χ1v) is 11.8. The Labute approximate surface area is 162 Å². The maximum Gasteiger partial charge on any atom is 0.339 e. The van der Waals surface area contributed by atoms with Gasteiger partial charge in [-0.2, -0.15) is 8.61 Å². The fourth-order valence-electron chi connectivity index (χ4n) is 2.75. The second-order valence-corrected chi connectivity index (χ2v) is 9.31. The van der Waals surface area contributed by atoms with E-state index in [1.165, 1.54) is 18.2 Å². The number of carbonyl (C=O) groups is 1. The number of benzene rings is 1. The van der Waals surface area contributed by atoms with E-state index in [1.54, 1.807) is 34.6 Å². The van der Waals surface area contributed by atoms with Crippen LogP contribution in [0.3, 0.4) is 0 Å². The zero-order valence-electron chi connectivity index (χ0n) is 16.4. The van der Waals surface area contributed by atoms with Crippen LogP contribution >= 0.6 is 0 Å². The summed E-state index contributed by atoms with van der Waals surface area (Å²) in [5.74, 6) is -0.875. The van der Waals surface area contributed by atoms with Crippen LogP contribution in [-0.4, -0.2) is 64.2 Å². The lowest BCUT2D eigenvalue weighted by molar-refractivity contribution is 0.0521. The van der Waals surface area contributed by atoms with Gasteiger partial charge in [0, 0.05) is 26.2 Å². The van der Waals surface area contributed by atoms with E-state index in [1.807, 2.05) is 0 Å². The third kappa shape index (κ3) is 4.68. The molecule has 154 valence electrons. The molecule has 0 radical (unpaired) electrons. The minimum Gasteiger partial charge on any atom is -0.462 e. The Morgan fingerprint density at radius 3 is 1.78 bits per heavy atom. The minimum absolute atomic E-state index is 0.0383. The lowest BCUT2D eigenvalue weighted by Gasteiger charge is -2.25. The molecular formula is C17H28N2O6S2. The number of nitrogens with zero attached hydrogens (tertiary/aromatic N) is 2. The second kappa shape index (κ2) is 9.63. The quantitative estimate of drug-likeness (QED) is 0.536. The van der Waals surface area contributed by atoms with Gasteiger partial charge in [-0.3, -0.25) is 0 Å². The van der Waals surface area contributed by atoms with Crippen LogP contribution in [0.4, 0.5) is 0 Å². The van der Waals surface area contributed by atoms with Gasteiger partial charge in [0.05, 0.1) is 12.2 Å². The Hall–Kier alpha value is -1.49. The van der Waals surface area contributed by atoms with Crippen molar-refractivity contribution in [1.29, 1.82) is 0 Å². The largest absolute Gasteiger partial charge is 0.462 e. The van der Waals surface area contributed by atoms with Gasteiger partial charge >= 0.3 is 5.97 Å². The van der Waals surface area contributed by atoms with Crippen LogP contribution in [0.15, 0.2) is 28.0 Å². The zero-order valence-corrected chi connectivity index (χ0v) is 18.1. The van der Waals surface area contributed by atoms with Crippen LogP contribution in [0.2, 0.25) is 0 Å². The fourth-order valence-corrected chi connectivity index (χ4v) is 6.62. The molecule has 0 heterocycles. The van der Waals surface area contributed by atoms with E-state index in [0.29, 0.717) is 0 Å². The average molecular weight is 421 g/mol. The van der Waals surface area contributed by atoms with Gasteiger partial charge in [-0.1, -0.05) is 33.8 Å². The Kier molecular flexibility index (Phi) is 8.40. The molecule has 0 amide bonds. The van der Waals surface area contributed by atoms with Gasteiger partial charge in [-0.05, 0) is 19.1 Å². The molecular weight excluding hydrogens is 392 g/mol. The molecule has 0 aliphatic carbocycles. The molecule has 0 atom stereocenters. The zero-order chi connectivity index (χ0) is 20.8. The summed E-state index contributed by atoms with van der Waals surface area (Å²) >= 11 is 0. The highest BCUT2D eigenvalue weighted by molar-refractivity contribution is 7.92. The Balaban J connectivity index is 3.92. The average Bonchev–Trinajstić information content (AvgIpc) is 2.62. The highest BCUT2D eigenvalue weighted by atomic mass is 32.2. The van der Waals surface area contributed by atoms with Gasteiger partial charge in [0.15, 0.2) is 0 Å². The maximum absolute atomic E-state index is 13.2. The van der Waals surface area contributed by atoms with Crippen molar-refractivity contribution >= 4 is 26.0 Å². The van der Waals surface area contributed by atoms with Crippen LogP contribution in [0, 0.1) is 0 Å². The van der Waals surface area contributed by atoms with Crippen molar-refractivity contribution in [2.24, 2.45) is 0 Å². The summed E-state index contributed by atoms with van der Waals surface area (Å²) < 4.78 is 59.9. The lowest BCUT2D eigenvalue weighted by Crippen LogP contribution is -2.36. The molecule has 0 N–H and O–H groups in total. The molecule has 0 aromatic heterocycles.